The van der Waals surface area contributed by atoms with E-state index in [1.807, 2.05) is 13.0 Å². The second-order valence-electron chi connectivity index (χ2n) is 6.69. The third-order valence-corrected chi connectivity index (χ3v) is 4.65. The molecule has 0 aromatic heterocycles. The Bertz CT molecular complexity index is 668. The molecule has 0 saturated heterocycles. The molecule has 0 spiro atoms. The highest BCUT2D eigenvalue weighted by molar-refractivity contribution is 5.84. The average Bonchev–Trinajstić information content (AvgIpc) is 3.25. The van der Waals surface area contributed by atoms with Gasteiger partial charge in [0, 0.05) is 32.6 Å². The Balaban J connectivity index is 1.64. The summed E-state index contributed by atoms with van der Waals surface area (Å²) in [5, 5.41) is 6.57. The summed E-state index contributed by atoms with van der Waals surface area (Å²) in [4.78, 5) is 17.7. The lowest BCUT2D eigenvalue weighted by molar-refractivity contribution is -0.127. The van der Waals surface area contributed by atoms with Crippen molar-refractivity contribution in [3.05, 3.63) is 23.8 Å². The minimum Gasteiger partial charge on any atom is -0.454 e. The lowest BCUT2D eigenvalue weighted by Gasteiger charge is -2.19. The van der Waals surface area contributed by atoms with E-state index in [1.165, 1.54) is 5.56 Å². The van der Waals surface area contributed by atoms with Crippen LogP contribution in [0, 0.1) is 0 Å². The number of carbonyl (C=O) groups excluding carboxylic acids is 1. The molecular formula is C18H26N4O3. The van der Waals surface area contributed by atoms with Gasteiger partial charge in [-0.3, -0.25) is 4.79 Å². The van der Waals surface area contributed by atoms with Gasteiger partial charge in [-0.1, -0.05) is 6.07 Å². The lowest BCUT2D eigenvalue weighted by Crippen LogP contribution is -2.42. The van der Waals surface area contributed by atoms with Crippen LogP contribution in [0.4, 0.5) is 0 Å². The van der Waals surface area contributed by atoms with Crippen LogP contribution in [0.25, 0.3) is 0 Å². The third-order valence-electron chi connectivity index (χ3n) is 4.65. The summed E-state index contributed by atoms with van der Waals surface area (Å²) >= 11 is 0. The van der Waals surface area contributed by atoms with Gasteiger partial charge in [0.05, 0.1) is 0 Å². The van der Waals surface area contributed by atoms with Crippen LogP contribution in [0.5, 0.6) is 11.5 Å². The summed E-state index contributed by atoms with van der Waals surface area (Å²) in [6.07, 6.45) is 2.24. The standard InChI is InChI=1S/C18H26N4O3/c1-4-19-17(20-10-16(23)22(2)3)21-11-18(7-8-18)13-5-6-14-15(9-13)25-12-24-14/h5-6,9H,4,7-8,10-12H2,1-3H3,(H2,19,20,21). The highest BCUT2D eigenvalue weighted by Crippen LogP contribution is 2.49. The molecule has 7 heteroatoms. The quantitative estimate of drug-likeness (QED) is 0.596. The zero-order valence-electron chi connectivity index (χ0n) is 15.1. The number of nitrogens with one attached hydrogen (secondary N) is 2. The van der Waals surface area contributed by atoms with Crippen LogP contribution in [0.3, 0.4) is 0 Å². The van der Waals surface area contributed by atoms with E-state index < -0.39 is 0 Å². The molecule has 0 atom stereocenters. The van der Waals surface area contributed by atoms with Crippen molar-refractivity contribution in [1.82, 2.24) is 15.5 Å². The van der Waals surface area contributed by atoms with E-state index in [4.69, 9.17) is 9.47 Å². The monoisotopic (exact) mass is 346 g/mol. The first-order chi connectivity index (χ1) is 12.0. The molecule has 2 aliphatic rings. The molecule has 1 saturated carbocycles. The fraction of sp³-hybridized carbons (Fsp3) is 0.556. The number of hydrogen-bond acceptors (Lipinski definition) is 4. The molecule has 0 bridgehead atoms. The van der Waals surface area contributed by atoms with E-state index in [0.717, 1.165) is 37.4 Å². The van der Waals surface area contributed by atoms with Crippen LogP contribution in [-0.2, 0) is 10.2 Å². The Kier molecular flexibility index (Phi) is 5.01. The summed E-state index contributed by atoms with van der Waals surface area (Å²) in [6.45, 7) is 3.96. The summed E-state index contributed by atoms with van der Waals surface area (Å²) in [5.41, 5.74) is 1.35. The van der Waals surface area contributed by atoms with Gasteiger partial charge in [-0.15, -0.1) is 0 Å². The molecule has 2 N–H and O–H groups in total. The molecular weight excluding hydrogens is 320 g/mol. The van der Waals surface area contributed by atoms with Gasteiger partial charge in [0.15, 0.2) is 17.5 Å². The highest BCUT2D eigenvalue weighted by Gasteiger charge is 2.44. The zero-order valence-corrected chi connectivity index (χ0v) is 15.1. The van der Waals surface area contributed by atoms with E-state index in [2.05, 4.69) is 27.8 Å². The number of rotatable bonds is 6. The molecule has 0 unspecified atom stereocenters. The number of guanidine groups is 1. The fourth-order valence-electron chi connectivity index (χ4n) is 2.83. The summed E-state index contributed by atoms with van der Waals surface area (Å²) in [5.74, 6) is 2.28. The first-order valence-electron chi connectivity index (χ1n) is 8.66. The Morgan fingerprint density at radius 1 is 1.24 bits per heavy atom. The maximum absolute atomic E-state index is 11.7. The Morgan fingerprint density at radius 3 is 2.68 bits per heavy atom. The largest absolute Gasteiger partial charge is 0.454 e. The number of amides is 1. The van der Waals surface area contributed by atoms with Gasteiger partial charge in [-0.25, -0.2) is 4.99 Å². The molecule has 1 aromatic carbocycles. The van der Waals surface area contributed by atoms with E-state index in [1.54, 1.807) is 19.0 Å². The zero-order chi connectivity index (χ0) is 17.9. The molecule has 1 aliphatic carbocycles. The average molecular weight is 346 g/mol. The van der Waals surface area contributed by atoms with Gasteiger partial charge in [-0.05, 0) is 37.5 Å². The van der Waals surface area contributed by atoms with E-state index in [0.29, 0.717) is 12.8 Å². The van der Waals surface area contributed by atoms with Gasteiger partial charge in [-0.2, -0.15) is 0 Å². The van der Waals surface area contributed by atoms with E-state index in [-0.39, 0.29) is 17.9 Å². The van der Waals surface area contributed by atoms with Gasteiger partial charge in [0.1, 0.15) is 6.54 Å². The summed E-state index contributed by atoms with van der Waals surface area (Å²) in [6, 6.07) is 6.17. The van der Waals surface area contributed by atoms with Crippen LogP contribution >= 0.6 is 0 Å². The molecule has 25 heavy (non-hydrogen) atoms. The van der Waals surface area contributed by atoms with Crippen LogP contribution < -0.4 is 20.1 Å². The number of carbonyl (C=O) groups is 1. The van der Waals surface area contributed by atoms with E-state index >= 15 is 0 Å². The van der Waals surface area contributed by atoms with Crippen LogP contribution in [0.2, 0.25) is 0 Å². The molecule has 1 fully saturated rings. The van der Waals surface area contributed by atoms with E-state index in [9.17, 15) is 4.79 Å². The van der Waals surface area contributed by atoms with Gasteiger partial charge in [0.2, 0.25) is 12.7 Å². The molecule has 1 aliphatic heterocycles. The maximum Gasteiger partial charge on any atom is 0.243 e. The van der Waals surface area contributed by atoms with Crippen molar-refractivity contribution >= 4 is 11.9 Å². The Hall–Kier alpha value is -2.44. The summed E-state index contributed by atoms with van der Waals surface area (Å²) in [7, 11) is 3.47. The SMILES string of the molecule is CCNC(=NCC(=O)N(C)C)NCC1(c2ccc3c(c2)OCO3)CC1. The van der Waals surface area contributed by atoms with Crippen molar-refractivity contribution in [3.63, 3.8) is 0 Å². The number of benzene rings is 1. The topological polar surface area (TPSA) is 75.2 Å². The Labute approximate surface area is 148 Å². The number of hydrogen-bond donors (Lipinski definition) is 2. The summed E-state index contributed by atoms with van der Waals surface area (Å²) < 4.78 is 10.9. The number of likely N-dealkylation sites (N-methyl/N-ethyl adjacent to an activating group) is 1. The van der Waals surface area contributed by atoms with Gasteiger partial charge >= 0.3 is 0 Å². The first kappa shape index (κ1) is 17.4. The fourth-order valence-corrected chi connectivity index (χ4v) is 2.83. The molecule has 0 radical (unpaired) electrons. The van der Waals surface area contributed by atoms with Gasteiger partial charge < -0.3 is 25.0 Å². The molecule has 1 amide bonds. The van der Waals surface area contributed by atoms with Crippen molar-refractivity contribution < 1.29 is 14.3 Å². The van der Waals surface area contributed by atoms with Crippen LogP contribution in [0.15, 0.2) is 23.2 Å². The van der Waals surface area contributed by atoms with Crippen LogP contribution in [0.1, 0.15) is 25.3 Å². The highest BCUT2D eigenvalue weighted by atomic mass is 16.7. The van der Waals surface area contributed by atoms with Crippen molar-refractivity contribution in [2.45, 2.75) is 25.2 Å². The van der Waals surface area contributed by atoms with Crippen molar-refractivity contribution in [2.75, 3.05) is 40.5 Å². The predicted octanol–water partition coefficient (Wildman–Crippen LogP) is 1.09. The lowest BCUT2D eigenvalue weighted by atomic mass is 9.95. The predicted molar refractivity (Wildman–Crippen MR) is 96.2 cm³/mol. The number of aliphatic imine (C=N–C) groups is 1. The number of nitrogens with zero attached hydrogens (tertiary/aromatic N) is 2. The molecule has 7 nitrogen and oxygen atoms in total. The second-order valence-corrected chi connectivity index (χ2v) is 6.69. The Morgan fingerprint density at radius 2 is 2.00 bits per heavy atom. The first-order valence-corrected chi connectivity index (χ1v) is 8.66. The second kappa shape index (κ2) is 7.21. The number of fused-ring (bicyclic) bond motifs is 1. The van der Waals surface area contributed by atoms with Gasteiger partial charge in [0.25, 0.3) is 0 Å². The normalized spacial score (nSPS) is 17.2. The van der Waals surface area contributed by atoms with Crippen LogP contribution in [-0.4, -0.2) is 57.3 Å². The minimum atomic E-state index is -0.0193. The molecule has 1 aromatic rings. The van der Waals surface area contributed by atoms with Crippen molar-refractivity contribution in [3.8, 4) is 11.5 Å². The van der Waals surface area contributed by atoms with Crippen molar-refractivity contribution in [2.24, 2.45) is 4.99 Å². The molecule has 136 valence electrons. The molecule has 3 rings (SSSR count). The maximum atomic E-state index is 11.7. The smallest absolute Gasteiger partial charge is 0.243 e. The third kappa shape index (κ3) is 3.97. The number of ether oxygens (including phenoxy) is 2. The van der Waals surface area contributed by atoms with Crippen molar-refractivity contribution in [1.29, 1.82) is 0 Å². The molecule has 1 heterocycles. The minimum absolute atomic E-state index is 0.0193.